The highest BCUT2D eigenvalue weighted by Crippen LogP contribution is 2.40. The number of hydrogen-bond donors (Lipinski definition) is 1. The molecule has 0 bridgehead atoms. The quantitative estimate of drug-likeness (QED) is 0.781. The zero-order chi connectivity index (χ0) is 15.8. The lowest BCUT2D eigenvalue weighted by molar-refractivity contribution is -0.114. The predicted octanol–water partition coefficient (Wildman–Crippen LogP) is 5.08. The van der Waals surface area contributed by atoms with Crippen LogP contribution in [0.2, 0.25) is 0 Å². The Hall–Kier alpha value is -1.26. The average Bonchev–Trinajstić information content (AvgIpc) is 2.99. The van der Waals surface area contributed by atoms with E-state index in [4.69, 9.17) is 5.73 Å². The molecule has 2 rings (SSSR count). The van der Waals surface area contributed by atoms with Crippen molar-refractivity contribution in [3.63, 3.8) is 0 Å². The number of nitrogen functional groups attached to an aromatic ring is 1. The van der Waals surface area contributed by atoms with E-state index in [1.807, 2.05) is 32.0 Å². The molecule has 1 unspecified atom stereocenters. The number of benzene rings is 1. The smallest absolute Gasteiger partial charge is 0.139 e. The fourth-order valence-corrected chi connectivity index (χ4v) is 4.01. The molecule has 21 heavy (non-hydrogen) atoms. The van der Waals surface area contributed by atoms with Crippen LogP contribution < -0.4 is 5.73 Å². The van der Waals surface area contributed by atoms with Crippen LogP contribution >= 0.6 is 23.1 Å². The Morgan fingerprint density at radius 1 is 1.33 bits per heavy atom. The third-order valence-corrected chi connectivity index (χ3v) is 5.28. The first-order chi connectivity index (χ1) is 10.1. The van der Waals surface area contributed by atoms with Gasteiger partial charge in [0.2, 0.25) is 0 Å². The number of ketones is 1. The molecule has 1 aromatic carbocycles. The highest BCUT2D eigenvalue weighted by Gasteiger charge is 2.19. The molecule has 0 spiro atoms. The molecule has 2 aromatic rings. The van der Waals surface area contributed by atoms with Crippen molar-refractivity contribution in [2.45, 2.75) is 32.9 Å². The monoisotopic (exact) mass is 321 g/mol. The van der Waals surface area contributed by atoms with E-state index in [1.54, 1.807) is 30.0 Å². The lowest BCUT2D eigenvalue weighted by Gasteiger charge is -2.17. The molecule has 1 atom stereocenters. The van der Waals surface area contributed by atoms with Crippen LogP contribution in [0.5, 0.6) is 0 Å². The van der Waals surface area contributed by atoms with Gasteiger partial charge in [-0.15, -0.1) is 23.1 Å². The van der Waals surface area contributed by atoms with Crippen molar-refractivity contribution >= 4 is 34.6 Å². The lowest BCUT2D eigenvalue weighted by atomic mass is 10.1. The summed E-state index contributed by atoms with van der Waals surface area (Å²) in [6, 6.07) is 10.2. The van der Waals surface area contributed by atoms with Crippen molar-refractivity contribution < 1.29 is 4.79 Å². The summed E-state index contributed by atoms with van der Waals surface area (Å²) >= 11 is 3.35. The molecule has 1 heterocycles. The van der Waals surface area contributed by atoms with Gasteiger partial charge in [-0.2, -0.15) is 0 Å². The van der Waals surface area contributed by atoms with Crippen molar-refractivity contribution in [1.82, 2.24) is 0 Å². The van der Waals surface area contributed by atoms with Crippen LogP contribution in [0.25, 0.3) is 0 Å². The summed E-state index contributed by atoms with van der Waals surface area (Å²) in [5.74, 6) is 0.702. The molecule has 114 valence electrons. The Morgan fingerprint density at radius 3 is 2.62 bits per heavy atom. The number of carbonyl (C=O) groups is 1. The number of Topliss-reactive ketones (excluding diaryl/α,β-unsaturated/α-hetero) is 1. The summed E-state index contributed by atoms with van der Waals surface area (Å²) in [4.78, 5) is 12.5. The topological polar surface area (TPSA) is 43.1 Å². The summed E-state index contributed by atoms with van der Waals surface area (Å²) in [6.45, 7) is 7.68. The van der Waals surface area contributed by atoms with Crippen molar-refractivity contribution in [3.05, 3.63) is 51.7 Å². The Kier molecular flexibility index (Phi) is 7.54. The summed E-state index contributed by atoms with van der Waals surface area (Å²) in [6.07, 6.45) is 0. The maximum atomic E-state index is 11.3. The van der Waals surface area contributed by atoms with Gasteiger partial charge in [0.05, 0.1) is 11.0 Å². The molecule has 2 N–H and O–H groups in total. The Bertz CT molecular complexity index is 564. The minimum Gasteiger partial charge on any atom is -0.398 e. The van der Waals surface area contributed by atoms with E-state index in [0.29, 0.717) is 5.75 Å². The molecule has 0 saturated carbocycles. The van der Waals surface area contributed by atoms with E-state index >= 15 is 0 Å². The Morgan fingerprint density at radius 2 is 2.05 bits per heavy atom. The number of nitrogens with two attached hydrogens (primary N) is 1. The third kappa shape index (κ3) is 5.21. The second-order valence-electron chi connectivity index (χ2n) is 4.54. The number of rotatable bonds is 5. The van der Waals surface area contributed by atoms with Gasteiger partial charge >= 0.3 is 0 Å². The fraction of sp³-hybridized carbons (Fsp3) is 0.353. The predicted molar refractivity (Wildman–Crippen MR) is 96.2 cm³/mol. The molecule has 0 aliphatic carbocycles. The normalized spacial score (nSPS) is 11.4. The summed E-state index contributed by atoms with van der Waals surface area (Å²) in [5, 5.41) is 2.20. The molecule has 0 aliphatic heterocycles. The van der Waals surface area contributed by atoms with Gasteiger partial charge in [-0.05, 0) is 36.9 Å². The Balaban J connectivity index is 0.00000106. The van der Waals surface area contributed by atoms with E-state index in [1.165, 1.54) is 10.4 Å². The van der Waals surface area contributed by atoms with Crippen LogP contribution in [-0.4, -0.2) is 11.5 Å². The Labute approximate surface area is 135 Å². The minimum absolute atomic E-state index is 0.142. The van der Waals surface area contributed by atoms with Gasteiger partial charge < -0.3 is 5.73 Å². The van der Waals surface area contributed by atoms with Gasteiger partial charge in [0, 0.05) is 10.6 Å². The number of anilines is 1. The number of hydrogen-bond acceptors (Lipinski definition) is 4. The molecular weight excluding hydrogens is 298 g/mol. The van der Waals surface area contributed by atoms with Crippen LogP contribution in [0.4, 0.5) is 5.69 Å². The second-order valence-corrected chi connectivity index (χ2v) is 6.61. The highest BCUT2D eigenvalue weighted by atomic mass is 32.2. The van der Waals surface area contributed by atoms with Crippen molar-refractivity contribution in [2.75, 3.05) is 11.5 Å². The largest absolute Gasteiger partial charge is 0.398 e. The molecule has 1 aromatic heterocycles. The van der Waals surface area contributed by atoms with E-state index in [0.717, 1.165) is 11.3 Å². The maximum Gasteiger partial charge on any atom is 0.139 e. The average molecular weight is 322 g/mol. The van der Waals surface area contributed by atoms with Gasteiger partial charge in [0.1, 0.15) is 5.78 Å². The van der Waals surface area contributed by atoms with Gasteiger partial charge in [-0.3, -0.25) is 4.79 Å². The highest BCUT2D eigenvalue weighted by molar-refractivity contribution is 8.00. The van der Waals surface area contributed by atoms with E-state index < -0.39 is 0 Å². The number of thioether (sulfide) groups is 1. The molecule has 2 nitrogen and oxygen atoms in total. The summed E-state index contributed by atoms with van der Waals surface area (Å²) in [5.41, 5.74) is 9.20. The lowest BCUT2D eigenvalue weighted by Crippen LogP contribution is -2.04. The fourth-order valence-electron chi connectivity index (χ4n) is 1.89. The van der Waals surface area contributed by atoms with Gasteiger partial charge in [0.25, 0.3) is 0 Å². The van der Waals surface area contributed by atoms with E-state index in [9.17, 15) is 4.79 Å². The van der Waals surface area contributed by atoms with Gasteiger partial charge in [-0.1, -0.05) is 37.6 Å². The van der Waals surface area contributed by atoms with E-state index in [-0.39, 0.29) is 11.0 Å². The van der Waals surface area contributed by atoms with Crippen molar-refractivity contribution in [3.8, 4) is 0 Å². The molecule has 0 fully saturated rings. The molecular formula is C17H23NOS2. The zero-order valence-electron chi connectivity index (χ0n) is 13.1. The third-order valence-electron chi connectivity index (χ3n) is 2.78. The van der Waals surface area contributed by atoms with E-state index in [2.05, 4.69) is 24.4 Å². The van der Waals surface area contributed by atoms with Crippen LogP contribution in [0.1, 0.15) is 42.0 Å². The first-order valence-corrected chi connectivity index (χ1v) is 9.01. The molecule has 0 saturated heterocycles. The number of aryl methyl sites for hydroxylation is 1. The minimum atomic E-state index is 0.142. The molecule has 0 amide bonds. The number of thiophene rings is 1. The molecule has 0 aliphatic rings. The van der Waals surface area contributed by atoms with Gasteiger partial charge in [0.15, 0.2) is 0 Å². The van der Waals surface area contributed by atoms with Crippen molar-refractivity contribution in [2.24, 2.45) is 0 Å². The zero-order valence-corrected chi connectivity index (χ0v) is 14.7. The molecule has 0 radical (unpaired) electrons. The standard InChI is InChI=1S/C15H17NOS2.C2H6/c1-10-5-6-13(16)12(8-10)15(19-9-11(2)17)14-4-3-7-18-14;1-2/h3-8,15H,9,16H2,1-2H3;1-2H3. The first-order valence-electron chi connectivity index (χ1n) is 7.08. The first kappa shape index (κ1) is 17.8. The maximum absolute atomic E-state index is 11.3. The van der Waals surface area contributed by atoms with Crippen LogP contribution in [0.15, 0.2) is 35.7 Å². The summed E-state index contributed by atoms with van der Waals surface area (Å²) in [7, 11) is 0. The van der Waals surface area contributed by atoms with Gasteiger partial charge in [-0.25, -0.2) is 0 Å². The SMILES string of the molecule is CC.CC(=O)CSC(c1cccs1)c1cc(C)ccc1N. The van der Waals surface area contributed by atoms with Crippen LogP contribution in [-0.2, 0) is 4.79 Å². The van der Waals surface area contributed by atoms with Crippen molar-refractivity contribution in [1.29, 1.82) is 0 Å². The van der Waals surface area contributed by atoms with Crippen LogP contribution in [0, 0.1) is 6.92 Å². The molecule has 4 heteroatoms. The van der Waals surface area contributed by atoms with Crippen LogP contribution in [0.3, 0.4) is 0 Å². The second kappa shape index (κ2) is 8.90. The summed E-state index contributed by atoms with van der Waals surface area (Å²) < 4.78 is 0. The number of carbonyl (C=O) groups excluding carboxylic acids is 1.